The molecular formula is C22H36N4O4. The number of carbonyl (C=O) groups excluding carboxylic acids is 4. The van der Waals surface area contributed by atoms with Crippen LogP contribution in [0.3, 0.4) is 0 Å². The molecule has 8 heteroatoms. The van der Waals surface area contributed by atoms with Crippen molar-refractivity contribution in [2.45, 2.75) is 84.0 Å². The van der Waals surface area contributed by atoms with Gasteiger partial charge in [0.25, 0.3) is 0 Å². The molecule has 1 atom stereocenters. The van der Waals surface area contributed by atoms with E-state index in [0.717, 1.165) is 38.5 Å². The predicted molar refractivity (Wildman–Crippen MR) is 117 cm³/mol. The lowest BCUT2D eigenvalue weighted by molar-refractivity contribution is 0.483. The molecule has 0 rings (SSSR count). The number of hydrogen-bond donors (Lipinski definition) is 0. The summed E-state index contributed by atoms with van der Waals surface area (Å²) in [5.74, 6) is 0.323. The second-order valence-electron chi connectivity index (χ2n) is 6.95. The lowest BCUT2D eigenvalue weighted by atomic mass is 10.0. The molecule has 1 unspecified atom stereocenters. The summed E-state index contributed by atoms with van der Waals surface area (Å²) in [5.41, 5.74) is 0. The molecular weight excluding hydrogens is 384 g/mol. The Kier molecular flexibility index (Phi) is 28.5. The molecule has 30 heavy (non-hydrogen) atoms. The van der Waals surface area contributed by atoms with Gasteiger partial charge < -0.3 is 0 Å². The SMILES string of the molecule is CCC(CCN=C=O)CN=C=O.O=C=NCCCCCCCCCCCCN=C=O. The first-order valence-corrected chi connectivity index (χ1v) is 10.9. The van der Waals surface area contributed by atoms with Gasteiger partial charge in [-0.2, -0.15) is 0 Å². The molecule has 0 fully saturated rings. The monoisotopic (exact) mass is 420 g/mol. The van der Waals surface area contributed by atoms with Crippen LogP contribution in [0, 0.1) is 5.92 Å². The minimum absolute atomic E-state index is 0.323. The van der Waals surface area contributed by atoms with Crippen LogP contribution in [0.1, 0.15) is 84.0 Å². The van der Waals surface area contributed by atoms with Gasteiger partial charge in [-0.15, -0.1) is 0 Å². The first-order valence-electron chi connectivity index (χ1n) is 10.9. The summed E-state index contributed by atoms with van der Waals surface area (Å²) in [5, 5.41) is 0. The summed E-state index contributed by atoms with van der Waals surface area (Å²) in [4.78, 5) is 53.0. The summed E-state index contributed by atoms with van der Waals surface area (Å²) in [7, 11) is 0. The third kappa shape index (κ3) is 27.7. The highest BCUT2D eigenvalue weighted by Crippen LogP contribution is 2.10. The van der Waals surface area contributed by atoms with Crippen LogP contribution in [0.25, 0.3) is 0 Å². The first-order chi connectivity index (χ1) is 14.8. The molecule has 0 aliphatic rings. The van der Waals surface area contributed by atoms with E-state index in [1.165, 1.54) is 50.7 Å². The molecule has 0 saturated heterocycles. The molecule has 0 radical (unpaired) electrons. The van der Waals surface area contributed by atoms with Crippen LogP contribution in [-0.2, 0) is 19.2 Å². The summed E-state index contributed by atoms with van der Waals surface area (Å²) in [6.45, 7) is 4.22. The fourth-order valence-corrected chi connectivity index (χ4v) is 2.77. The van der Waals surface area contributed by atoms with Gasteiger partial charge in [-0.05, 0) is 25.2 Å². The van der Waals surface area contributed by atoms with Crippen molar-refractivity contribution >= 4 is 24.3 Å². The second kappa shape index (κ2) is 28.7. The fraction of sp³-hybridized carbons (Fsp3) is 0.818. The average Bonchev–Trinajstić information content (AvgIpc) is 2.77. The van der Waals surface area contributed by atoms with Crippen molar-refractivity contribution in [3.8, 4) is 0 Å². The maximum Gasteiger partial charge on any atom is 0.234 e. The first kappa shape index (κ1) is 29.7. The van der Waals surface area contributed by atoms with Crippen molar-refractivity contribution in [3.63, 3.8) is 0 Å². The van der Waals surface area contributed by atoms with E-state index < -0.39 is 0 Å². The van der Waals surface area contributed by atoms with Gasteiger partial charge in [0.1, 0.15) is 0 Å². The van der Waals surface area contributed by atoms with Crippen molar-refractivity contribution in [2.24, 2.45) is 25.9 Å². The molecule has 0 aliphatic carbocycles. The number of rotatable bonds is 19. The standard InChI is InChI=1S/C14H24N2O2.C8H12N2O2/c17-13-15-11-9-7-5-3-1-2-4-6-8-10-12-16-14-18;1-2-8(5-10-7-12)3-4-9-6-11/h1-12H2;8H,2-5H2,1H3. The van der Waals surface area contributed by atoms with Crippen LogP contribution >= 0.6 is 0 Å². The Morgan fingerprint density at radius 2 is 0.900 bits per heavy atom. The van der Waals surface area contributed by atoms with Gasteiger partial charge in [-0.25, -0.2) is 39.1 Å². The van der Waals surface area contributed by atoms with E-state index >= 15 is 0 Å². The maximum absolute atomic E-state index is 9.81. The Morgan fingerprint density at radius 1 is 0.533 bits per heavy atom. The van der Waals surface area contributed by atoms with E-state index in [-0.39, 0.29) is 0 Å². The molecule has 0 aliphatic heterocycles. The molecule has 168 valence electrons. The van der Waals surface area contributed by atoms with E-state index in [4.69, 9.17) is 0 Å². The highest BCUT2D eigenvalue weighted by molar-refractivity contribution is 5.33. The zero-order valence-corrected chi connectivity index (χ0v) is 18.3. The van der Waals surface area contributed by atoms with Gasteiger partial charge in [-0.1, -0.05) is 64.7 Å². The van der Waals surface area contributed by atoms with E-state index in [2.05, 4.69) is 20.0 Å². The Hall–Kier alpha value is -2.48. The molecule has 0 amide bonds. The molecule has 0 N–H and O–H groups in total. The lowest BCUT2D eigenvalue weighted by Gasteiger charge is -2.07. The average molecular weight is 421 g/mol. The Balaban J connectivity index is 0. The highest BCUT2D eigenvalue weighted by Gasteiger charge is 2.03. The van der Waals surface area contributed by atoms with Crippen molar-refractivity contribution < 1.29 is 19.2 Å². The lowest BCUT2D eigenvalue weighted by Crippen LogP contribution is -2.04. The van der Waals surface area contributed by atoms with Crippen LogP contribution < -0.4 is 0 Å². The van der Waals surface area contributed by atoms with E-state index in [1.807, 2.05) is 6.92 Å². The third-order valence-corrected chi connectivity index (χ3v) is 4.62. The van der Waals surface area contributed by atoms with Crippen LogP contribution in [0.15, 0.2) is 20.0 Å². The molecule has 0 aromatic carbocycles. The molecule has 0 spiro atoms. The Morgan fingerprint density at radius 3 is 1.27 bits per heavy atom. The van der Waals surface area contributed by atoms with Gasteiger partial charge in [0.05, 0.1) is 26.2 Å². The quantitative estimate of drug-likeness (QED) is 0.172. The maximum atomic E-state index is 9.81. The van der Waals surface area contributed by atoms with Crippen LogP contribution in [-0.4, -0.2) is 50.5 Å². The summed E-state index contributed by atoms with van der Waals surface area (Å²) < 4.78 is 0. The van der Waals surface area contributed by atoms with Crippen LogP contribution in [0.2, 0.25) is 0 Å². The third-order valence-electron chi connectivity index (χ3n) is 4.62. The van der Waals surface area contributed by atoms with Gasteiger partial charge in [0.2, 0.25) is 24.3 Å². The number of isocyanates is 4. The van der Waals surface area contributed by atoms with Gasteiger partial charge in [-0.3, -0.25) is 0 Å². The van der Waals surface area contributed by atoms with Gasteiger partial charge >= 0.3 is 0 Å². The Bertz CT molecular complexity index is 544. The highest BCUT2D eigenvalue weighted by atomic mass is 16.1. The molecule has 0 heterocycles. The smallest absolute Gasteiger partial charge is 0.211 e. The zero-order valence-electron chi connectivity index (χ0n) is 18.3. The number of nitrogens with zero attached hydrogens (tertiary/aromatic N) is 4. The van der Waals surface area contributed by atoms with Gasteiger partial charge in [0, 0.05) is 0 Å². The topological polar surface area (TPSA) is 118 Å². The van der Waals surface area contributed by atoms with E-state index in [1.54, 1.807) is 12.2 Å². The minimum Gasteiger partial charge on any atom is -0.211 e. The van der Waals surface area contributed by atoms with Crippen LogP contribution in [0.4, 0.5) is 0 Å². The largest absolute Gasteiger partial charge is 0.234 e. The van der Waals surface area contributed by atoms with E-state index in [0.29, 0.717) is 32.1 Å². The van der Waals surface area contributed by atoms with Crippen LogP contribution in [0.5, 0.6) is 0 Å². The minimum atomic E-state index is 0.323. The molecule has 0 aromatic rings. The molecule has 8 nitrogen and oxygen atoms in total. The van der Waals surface area contributed by atoms with Crippen molar-refractivity contribution in [1.29, 1.82) is 0 Å². The molecule has 0 aromatic heterocycles. The molecule has 0 saturated carbocycles. The number of unbranched alkanes of at least 4 members (excludes halogenated alkanes) is 9. The summed E-state index contributed by atoms with van der Waals surface area (Å²) in [6.07, 6.45) is 19.7. The predicted octanol–water partition coefficient (Wildman–Crippen LogP) is 4.63. The Labute approximate surface area is 180 Å². The second-order valence-corrected chi connectivity index (χ2v) is 6.95. The van der Waals surface area contributed by atoms with E-state index in [9.17, 15) is 19.2 Å². The summed E-state index contributed by atoms with van der Waals surface area (Å²) >= 11 is 0. The number of aliphatic imine (C=N–C) groups is 4. The van der Waals surface area contributed by atoms with Crippen molar-refractivity contribution in [1.82, 2.24) is 0 Å². The normalized spacial score (nSPS) is 10.2. The summed E-state index contributed by atoms with van der Waals surface area (Å²) in [6, 6.07) is 0. The van der Waals surface area contributed by atoms with Crippen molar-refractivity contribution in [2.75, 3.05) is 26.2 Å². The number of hydrogen-bond acceptors (Lipinski definition) is 8. The van der Waals surface area contributed by atoms with Crippen molar-refractivity contribution in [3.05, 3.63) is 0 Å². The fourth-order valence-electron chi connectivity index (χ4n) is 2.77. The van der Waals surface area contributed by atoms with Gasteiger partial charge in [0.15, 0.2) is 0 Å². The molecule has 0 bridgehead atoms. The zero-order chi connectivity index (χ0) is 22.5.